The summed E-state index contributed by atoms with van der Waals surface area (Å²) in [7, 11) is 1.45. The van der Waals surface area contributed by atoms with Crippen molar-refractivity contribution in [1.29, 1.82) is 0 Å². The lowest BCUT2D eigenvalue weighted by Gasteiger charge is -2.11. The number of hydrogen-bond donors (Lipinski definition) is 2. The summed E-state index contributed by atoms with van der Waals surface area (Å²) in [5, 5.41) is 4.72. The lowest BCUT2D eigenvalue weighted by molar-refractivity contribution is -0.127. The first-order chi connectivity index (χ1) is 12.4. The molecule has 142 valence electrons. The van der Waals surface area contributed by atoms with Crippen molar-refractivity contribution in [2.75, 3.05) is 33.4 Å². The van der Waals surface area contributed by atoms with Gasteiger partial charge < -0.3 is 24.8 Å². The van der Waals surface area contributed by atoms with Crippen LogP contribution in [0.5, 0.6) is 5.75 Å². The van der Waals surface area contributed by atoms with Gasteiger partial charge in [0.15, 0.2) is 6.61 Å². The van der Waals surface area contributed by atoms with Crippen molar-refractivity contribution in [3.63, 3.8) is 0 Å². The molecule has 0 aromatic heterocycles. The van der Waals surface area contributed by atoms with Crippen LogP contribution in [0.1, 0.15) is 34.6 Å². The van der Waals surface area contributed by atoms with E-state index in [1.54, 1.807) is 13.8 Å². The summed E-state index contributed by atoms with van der Waals surface area (Å²) in [5.74, 6) is -2.03. The lowest BCUT2D eigenvalue weighted by Crippen LogP contribution is -2.37. The minimum Gasteiger partial charge on any atom is -0.484 e. The van der Waals surface area contributed by atoms with Crippen LogP contribution in [-0.4, -0.2) is 57.2 Å². The standard InChI is InChI=1S/C17H22N2O7/c1-4-24-16(22)11-6-12(17(23)25-5-2)8-13(7-11)26-10-15(21)19-9-14(20)18-3/h6-8H,4-5,9-10H2,1-3H3,(H,18,20)(H,19,21). The minimum absolute atomic E-state index is 0.0955. The molecule has 0 atom stereocenters. The molecule has 0 fully saturated rings. The van der Waals surface area contributed by atoms with E-state index in [2.05, 4.69) is 10.6 Å². The third kappa shape index (κ3) is 6.80. The molecule has 0 aliphatic carbocycles. The van der Waals surface area contributed by atoms with Crippen LogP contribution >= 0.6 is 0 Å². The van der Waals surface area contributed by atoms with Crippen LogP contribution in [0.2, 0.25) is 0 Å². The second-order valence-corrected chi connectivity index (χ2v) is 4.93. The number of benzene rings is 1. The van der Waals surface area contributed by atoms with Crippen molar-refractivity contribution in [1.82, 2.24) is 10.6 Å². The van der Waals surface area contributed by atoms with E-state index in [0.29, 0.717) is 0 Å². The second kappa shape index (κ2) is 10.7. The third-order valence-electron chi connectivity index (χ3n) is 3.02. The van der Waals surface area contributed by atoms with Gasteiger partial charge in [-0.1, -0.05) is 0 Å². The monoisotopic (exact) mass is 366 g/mol. The first-order valence-electron chi connectivity index (χ1n) is 8.00. The van der Waals surface area contributed by atoms with Crippen LogP contribution in [0.3, 0.4) is 0 Å². The molecule has 0 bridgehead atoms. The van der Waals surface area contributed by atoms with Crippen molar-refractivity contribution in [2.45, 2.75) is 13.8 Å². The topological polar surface area (TPSA) is 120 Å². The van der Waals surface area contributed by atoms with Gasteiger partial charge in [0.25, 0.3) is 5.91 Å². The molecule has 26 heavy (non-hydrogen) atoms. The number of ether oxygens (including phenoxy) is 3. The highest BCUT2D eigenvalue weighted by atomic mass is 16.5. The first-order valence-corrected chi connectivity index (χ1v) is 8.00. The fourth-order valence-electron chi connectivity index (χ4n) is 1.81. The average Bonchev–Trinajstić information content (AvgIpc) is 2.64. The van der Waals surface area contributed by atoms with Gasteiger partial charge in [-0.15, -0.1) is 0 Å². The van der Waals surface area contributed by atoms with E-state index in [1.165, 1.54) is 25.2 Å². The van der Waals surface area contributed by atoms with Gasteiger partial charge in [-0.2, -0.15) is 0 Å². The van der Waals surface area contributed by atoms with Crippen molar-refractivity contribution < 1.29 is 33.4 Å². The molecule has 9 nitrogen and oxygen atoms in total. The summed E-state index contributed by atoms with van der Waals surface area (Å²) in [6.07, 6.45) is 0. The number of nitrogens with one attached hydrogen (secondary N) is 2. The van der Waals surface area contributed by atoms with E-state index in [9.17, 15) is 19.2 Å². The number of rotatable bonds is 9. The van der Waals surface area contributed by atoms with Crippen LogP contribution in [0.4, 0.5) is 0 Å². The molecule has 1 rings (SSSR count). The Bertz CT molecular complexity index is 637. The molecule has 1 aromatic carbocycles. The molecule has 0 unspecified atom stereocenters. The molecule has 0 aliphatic rings. The van der Waals surface area contributed by atoms with Crippen LogP contribution < -0.4 is 15.4 Å². The number of carbonyl (C=O) groups is 4. The maximum Gasteiger partial charge on any atom is 0.338 e. The second-order valence-electron chi connectivity index (χ2n) is 4.93. The molecule has 0 saturated carbocycles. The highest BCUT2D eigenvalue weighted by Crippen LogP contribution is 2.19. The molecular formula is C17H22N2O7. The van der Waals surface area contributed by atoms with E-state index < -0.39 is 24.5 Å². The molecule has 2 N–H and O–H groups in total. The molecule has 0 saturated heterocycles. The largest absolute Gasteiger partial charge is 0.484 e. The summed E-state index contributed by atoms with van der Waals surface area (Å²) >= 11 is 0. The molecule has 0 aliphatic heterocycles. The molecule has 2 amide bonds. The maximum atomic E-state index is 11.9. The van der Waals surface area contributed by atoms with Crippen LogP contribution in [-0.2, 0) is 19.1 Å². The molecule has 1 aromatic rings. The fraction of sp³-hybridized carbons (Fsp3) is 0.412. The molecule has 0 spiro atoms. The summed E-state index contributed by atoms with van der Waals surface area (Å²) in [6, 6.07) is 4.04. The smallest absolute Gasteiger partial charge is 0.338 e. The Morgan fingerprint density at radius 2 is 1.42 bits per heavy atom. The Morgan fingerprint density at radius 3 is 1.88 bits per heavy atom. The van der Waals surface area contributed by atoms with Crippen molar-refractivity contribution in [3.05, 3.63) is 29.3 Å². The third-order valence-corrected chi connectivity index (χ3v) is 3.02. The Kier molecular flexibility index (Phi) is 8.62. The average molecular weight is 366 g/mol. The van der Waals surface area contributed by atoms with E-state index >= 15 is 0 Å². The van der Waals surface area contributed by atoms with E-state index in [-0.39, 0.29) is 42.5 Å². The van der Waals surface area contributed by atoms with Crippen molar-refractivity contribution in [3.8, 4) is 5.75 Å². The molecule has 0 radical (unpaired) electrons. The zero-order chi connectivity index (χ0) is 19.5. The normalized spacial score (nSPS) is 9.81. The fourth-order valence-corrected chi connectivity index (χ4v) is 1.81. The van der Waals surface area contributed by atoms with Gasteiger partial charge in [-0.05, 0) is 32.0 Å². The Hall–Kier alpha value is -3.10. The molecule has 9 heteroatoms. The van der Waals surface area contributed by atoms with Crippen LogP contribution in [0.25, 0.3) is 0 Å². The molecular weight excluding hydrogens is 344 g/mol. The van der Waals surface area contributed by atoms with E-state index in [4.69, 9.17) is 14.2 Å². The summed E-state index contributed by atoms with van der Waals surface area (Å²) in [4.78, 5) is 46.6. The zero-order valence-electron chi connectivity index (χ0n) is 14.9. The van der Waals surface area contributed by atoms with Gasteiger partial charge >= 0.3 is 11.9 Å². The van der Waals surface area contributed by atoms with Gasteiger partial charge in [-0.3, -0.25) is 9.59 Å². The predicted octanol–water partition coefficient (Wildman–Crippen LogP) is 0.281. The Balaban J connectivity index is 2.87. The van der Waals surface area contributed by atoms with Crippen LogP contribution in [0, 0.1) is 0 Å². The van der Waals surface area contributed by atoms with Gasteiger partial charge in [0.05, 0.1) is 30.9 Å². The predicted molar refractivity (Wildman–Crippen MR) is 90.9 cm³/mol. The summed E-state index contributed by atoms with van der Waals surface area (Å²) in [6.45, 7) is 3.06. The van der Waals surface area contributed by atoms with Gasteiger partial charge in [0.2, 0.25) is 5.91 Å². The van der Waals surface area contributed by atoms with Gasteiger partial charge in [0.1, 0.15) is 5.75 Å². The number of likely N-dealkylation sites (N-methyl/N-ethyl adjacent to an activating group) is 1. The van der Waals surface area contributed by atoms with Crippen molar-refractivity contribution in [2.24, 2.45) is 0 Å². The number of esters is 2. The highest BCUT2D eigenvalue weighted by molar-refractivity contribution is 5.96. The van der Waals surface area contributed by atoms with Gasteiger partial charge in [-0.25, -0.2) is 9.59 Å². The minimum atomic E-state index is -0.632. The molecule has 0 heterocycles. The summed E-state index contributed by atoms with van der Waals surface area (Å²) in [5.41, 5.74) is 0.191. The zero-order valence-corrected chi connectivity index (χ0v) is 14.9. The van der Waals surface area contributed by atoms with Crippen LogP contribution in [0.15, 0.2) is 18.2 Å². The van der Waals surface area contributed by atoms with E-state index in [1.807, 2.05) is 0 Å². The highest BCUT2D eigenvalue weighted by Gasteiger charge is 2.16. The number of hydrogen-bond acceptors (Lipinski definition) is 7. The maximum absolute atomic E-state index is 11.9. The van der Waals surface area contributed by atoms with E-state index in [0.717, 1.165) is 0 Å². The number of carbonyl (C=O) groups excluding carboxylic acids is 4. The first kappa shape index (κ1) is 20.9. The quantitative estimate of drug-likeness (QED) is 0.602. The SMILES string of the molecule is CCOC(=O)c1cc(OCC(=O)NCC(=O)NC)cc(C(=O)OCC)c1. The Morgan fingerprint density at radius 1 is 0.885 bits per heavy atom. The Labute approximate surface area is 151 Å². The van der Waals surface area contributed by atoms with Crippen molar-refractivity contribution >= 4 is 23.8 Å². The summed E-state index contributed by atoms with van der Waals surface area (Å²) < 4.78 is 15.1. The lowest BCUT2D eigenvalue weighted by atomic mass is 10.1. The number of amides is 2. The van der Waals surface area contributed by atoms with Gasteiger partial charge in [0, 0.05) is 7.05 Å².